The highest BCUT2D eigenvalue weighted by molar-refractivity contribution is 6.14. The molecule has 1 nitrogen and oxygen atoms in total. The smallest absolute Gasteiger partial charge is 0.206 e. The normalized spacial score (nSPS) is 11.7. The summed E-state index contributed by atoms with van der Waals surface area (Å²) in [7, 11) is 5.61. The van der Waals surface area contributed by atoms with Crippen LogP contribution in [0.15, 0.2) is 0 Å². The molecule has 0 aliphatic carbocycles. The number of hydrogen-bond acceptors (Lipinski definition) is 1. The maximum absolute atomic E-state index is 13.3. The number of rotatable bonds is 4. The first kappa shape index (κ1) is 14.8. The molecule has 0 N–H and O–H groups in total. The van der Waals surface area contributed by atoms with Crippen LogP contribution in [0.5, 0.6) is 5.75 Å². The van der Waals surface area contributed by atoms with Gasteiger partial charge in [0.15, 0.2) is 5.75 Å². The highest BCUT2D eigenvalue weighted by atomic mass is 19.2. The molecule has 7 heteroatoms. The lowest BCUT2D eigenvalue weighted by atomic mass is 9.77. The Morgan fingerprint density at radius 2 is 1.17 bits per heavy atom. The summed E-state index contributed by atoms with van der Waals surface area (Å²) in [5.74, 6) is -11.7. The Morgan fingerprint density at radius 1 is 0.833 bits per heavy atom. The second-order valence-electron chi connectivity index (χ2n) is 3.77. The molecule has 0 aliphatic rings. The molecular formula is C11H10BF5O. The summed E-state index contributed by atoms with van der Waals surface area (Å²) in [6.45, 7) is 3.13. The Hall–Kier alpha value is -1.27. The third-order valence-electron chi connectivity index (χ3n) is 2.67. The van der Waals surface area contributed by atoms with E-state index in [9.17, 15) is 22.0 Å². The van der Waals surface area contributed by atoms with Crippen molar-refractivity contribution >= 4 is 7.85 Å². The van der Waals surface area contributed by atoms with Gasteiger partial charge >= 0.3 is 0 Å². The molecule has 0 atom stereocenters. The van der Waals surface area contributed by atoms with Crippen LogP contribution in [0.25, 0.3) is 0 Å². The van der Waals surface area contributed by atoms with Crippen LogP contribution in [0.4, 0.5) is 22.0 Å². The molecule has 2 radical (unpaired) electrons. The van der Waals surface area contributed by atoms with E-state index in [1.54, 1.807) is 13.8 Å². The lowest BCUT2D eigenvalue weighted by Crippen LogP contribution is -2.36. The van der Waals surface area contributed by atoms with Crippen molar-refractivity contribution in [1.82, 2.24) is 0 Å². The molecule has 0 unspecified atom stereocenters. The van der Waals surface area contributed by atoms with Crippen LogP contribution in [0, 0.1) is 29.1 Å². The Balaban J connectivity index is 3.34. The van der Waals surface area contributed by atoms with E-state index < -0.39 is 40.3 Å². The van der Waals surface area contributed by atoms with E-state index in [0.717, 1.165) is 0 Å². The molecule has 0 heterocycles. The predicted molar refractivity (Wildman–Crippen MR) is 55.9 cm³/mol. The molecule has 0 amide bonds. The predicted octanol–water partition coefficient (Wildman–Crippen LogP) is 3.45. The Labute approximate surface area is 102 Å². The standard InChI is InChI=1S/C11H10BF5O/c1-3-11(12,4-2)18-10-8(16)6(14)5(13)7(15)9(10)17/h3-4H2,1-2H3. The molecule has 0 aliphatic heterocycles. The van der Waals surface area contributed by atoms with Gasteiger partial charge < -0.3 is 4.74 Å². The van der Waals surface area contributed by atoms with Crippen LogP contribution < -0.4 is 4.74 Å². The molecule has 1 aromatic carbocycles. The molecule has 18 heavy (non-hydrogen) atoms. The lowest BCUT2D eigenvalue weighted by Gasteiger charge is -2.29. The van der Waals surface area contributed by atoms with Gasteiger partial charge in [0, 0.05) is 0 Å². The molecule has 0 aromatic heterocycles. The van der Waals surface area contributed by atoms with Crippen molar-refractivity contribution in [2.24, 2.45) is 0 Å². The molecule has 0 spiro atoms. The third kappa shape index (κ3) is 2.44. The van der Waals surface area contributed by atoms with Gasteiger partial charge in [0.25, 0.3) is 0 Å². The van der Waals surface area contributed by atoms with E-state index in [4.69, 9.17) is 12.6 Å². The van der Waals surface area contributed by atoms with Crippen molar-refractivity contribution in [2.75, 3.05) is 0 Å². The summed E-state index contributed by atoms with van der Waals surface area (Å²) >= 11 is 0. The van der Waals surface area contributed by atoms with Crippen LogP contribution in [0.2, 0.25) is 0 Å². The van der Waals surface area contributed by atoms with Gasteiger partial charge in [-0.2, -0.15) is 8.78 Å². The summed E-state index contributed by atoms with van der Waals surface area (Å²) in [5.41, 5.74) is -1.49. The number of halogens is 5. The minimum Gasteiger partial charge on any atom is -0.491 e. The molecule has 0 saturated heterocycles. The largest absolute Gasteiger partial charge is 0.491 e. The van der Waals surface area contributed by atoms with Gasteiger partial charge in [0.05, 0.1) is 5.50 Å². The molecule has 0 bridgehead atoms. The first-order valence-electron chi connectivity index (χ1n) is 5.26. The van der Waals surface area contributed by atoms with Gasteiger partial charge in [-0.25, -0.2) is 13.2 Å². The fourth-order valence-electron chi connectivity index (χ4n) is 1.27. The van der Waals surface area contributed by atoms with Crippen LogP contribution >= 0.6 is 0 Å². The van der Waals surface area contributed by atoms with Crippen LogP contribution in [0.3, 0.4) is 0 Å². The second kappa shape index (κ2) is 5.16. The Kier molecular flexibility index (Phi) is 4.24. The zero-order valence-corrected chi connectivity index (χ0v) is 9.79. The van der Waals surface area contributed by atoms with Gasteiger partial charge in [0.2, 0.25) is 29.1 Å². The minimum absolute atomic E-state index is 0.142. The van der Waals surface area contributed by atoms with E-state index in [1.165, 1.54) is 0 Å². The van der Waals surface area contributed by atoms with E-state index in [0.29, 0.717) is 0 Å². The molecule has 98 valence electrons. The van der Waals surface area contributed by atoms with Crippen LogP contribution in [0.1, 0.15) is 26.7 Å². The van der Waals surface area contributed by atoms with Crippen molar-refractivity contribution in [3.05, 3.63) is 29.1 Å². The lowest BCUT2D eigenvalue weighted by molar-refractivity contribution is 0.128. The quantitative estimate of drug-likeness (QED) is 0.350. The van der Waals surface area contributed by atoms with E-state index in [1.807, 2.05) is 0 Å². The number of benzene rings is 1. The first-order valence-corrected chi connectivity index (χ1v) is 5.26. The zero-order valence-electron chi connectivity index (χ0n) is 9.79. The Bertz CT molecular complexity index is 430. The van der Waals surface area contributed by atoms with Crippen molar-refractivity contribution < 1.29 is 26.7 Å². The van der Waals surface area contributed by atoms with E-state index in [-0.39, 0.29) is 12.8 Å². The first-order chi connectivity index (χ1) is 8.27. The average molecular weight is 264 g/mol. The van der Waals surface area contributed by atoms with Crippen LogP contribution in [-0.2, 0) is 0 Å². The summed E-state index contributed by atoms with van der Waals surface area (Å²) in [6, 6.07) is 0. The van der Waals surface area contributed by atoms with Crippen LogP contribution in [-0.4, -0.2) is 13.3 Å². The van der Waals surface area contributed by atoms with Crippen molar-refractivity contribution in [3.8, 4) is 5.75 Å². The molecule has 1 aromatic rings. The molecule has 0 saturated carbocycles. The summed E-state index contributed by atoms with van der Waals surface area (Å²) < 4.78 is 70.0. The maximum Gasteiger partial charge on any atom is 0.206 e. The SMILES string of the molecule is [B]C(CC)(CC)Oc1c(F)c(F)c(F)c(F)c1F. The highest BCUT2D eigenvalue weighted by Crippen LogP contribution is 2.32. The fourth-order valence-corrected chi connectivity index (χ4v) is 1.27. The monoisotopic (exact) mass is 264 g/mol. The number of ether oxygens (including phenoxy) is 1. The molecule has 0 fully saturated rings. The molecule has 1 rings (SSSR count). The minimum atomic E-state index is -2.23. The fraction of sp³-hybridized carbons (Fsp3) is 0.455. The van der Waals surface area contributed by atoms with Crippen molar-refractivity contribution in [2.45, 2.75) is 32.2 Å². The van der Waals surface area contributed by atoms with Gasteiger partial charge in [0.1, 0.15) is 7.85 Å². The van der Waals surface area contributed by atoms with Gasteiger partial charge in [-0.15, -0.1) is 0 Å². The zero-order chi connectivity index (χ0) is 14.1. The van der Waals surface area contributed by atoms with Gasteiger partial charge in [-0.3, -0.25) is 0 Å². The maximum atomic E-state index is 13.3. The van der Waals surface area contributed by atoms with Gasteiger partial charge in [-0.1, -0.05) is 13.8 Å². The highest BCUT2D eigenvalue weighted by Gasteiger charge is 2.31. The van der Waals surface area contributed by atoms with E-state index >= 15 is 0 Å². The second-order valence-corrected chi connectivity index (χ2v) is 3.77. The molecular weight excluding hydrogens is 254 g/mol. The van der Waals surface area contributed by atoms with E-state index in [2.05, 4.69) is 0 Å². The summed E-state index contributed by atoms with van der Waals surface area (Å²) in [6.07, 6.45) is 0.284. The average Bonchev–Trinajstić information content (AvgIpc) is 2.39. The Morgan fingerprint density at radius 3 is 1.50 bits per heavy atom. The third-order valence-corrected chi connectivity index (χ3v) is 2.67. The van der Waals surface area contributed by atoms with Crippen molar-refractivity contribution in [3.63, 3.8) is 0 Å². The summed E-state index contributed by atoms with van der Waals surface area (Å²) in [5, 5.41) is 0. The topological polar surface area (TPSA) is 9.23 Å². The van der Waals surface area contributed by atoms with Crippen molar-refractivity contribution in [1.29, 1.82) is 0 Å². The summed E-state index contributed by atoms with van der Waals surface area (Å²) in [4.78, 5) is 0. The number of hydrogen-bond donors (Lipinski definition) is 0. The van der Waals surface area contributed by atoms with Gasteiger partial charge in [-0.05, 0) is 12.8 Å².